The highest BCUT2D eigenvalue weighted by Crippen LogP contribution is 2.25. The number of rotatable bonds is 7. The van der Waals surface area contributed by atoms with Gasteiger partial charge in [0.1, 0.15) is 5.75 Å². The molecule has 1 atom stereocenters. The molecular weight excluding hydrogens is 390 g/mol. The van der Waals surface area contributed by atoms with Gasteiger partial charge in [-0.1, -0.05) is 26.0 Å². The molecule has 1 aliphatic rings. The fraction of sp³-hybridized carbons (Fsp3) is 0.440. The molecule has 1 fully saturated rings. The number of nitrogens with one attached hydrogen (secondary N) is 2. The van der Waals surface area contributed by atoms with Gasteiger partial charge in [-0.25, -0.2) is 0 Å². The van der Waals surface area contributed by atoms with Crippen LogP contribution in [0.1, 0.15) is 54.3 Å². The molecule has 0 radical (unpaired) electrons. The average Bonchev–Trinajstić information content (AvgIpc) is 2.79. The van der Waals surface area contributed by atoms with Gasteiger partial charge in [0.15, 0.2) is 0 Å². The summed E-state index contributed by atoms with van der Waals surface area (Å²) in [5.41, 5.74) is 2.29. The number of para-hydroxylation sites is 1. The van der Waals surface area contributed by atoms with E-state index in [2.05, 4.69) is 29.4 Å². The lowest BCUT2D eigenvalue weighted by atomic mass is 10.0. The lowest BCUT2D eigenvalue weighted by Gasteiger charge is -2.35. The summed E-state index contributed by atoms with van der Waals surface area (Å²) in [6.45, 7) is 7.81. The highest BCUT2D eigenvalue weighted by Gasteiger charge is 2.24. The number of ether oxygens (including phenoxy) is 1. The number of carbonyl (C=O) groups is 2. The van der Waals surface area contributed by atoms with E-state index in [-0.39, 0.29) is 23.9 Å². The van der Waals surface area contributed by atoms with Gasteiger partial charge in [-0.2, -0.15) is 0 Å². The molecule has 2 N–H and O–H groups in total. The van der Waals surface area contributed by atoms with E-state index >= 15 is 0 Å². The van der Waals surface area contributed by atoms with Gasteiger partial charge in [0.2, 0.25) is 0 Å². The molecule has 2 amide bonds. The van der Waals surface area contributed by atoms with Gasteiger partial charge in [-0.3, -0.25) is 9.59 Å². The Bertz CT molecular complexity index is 887. The lowest BCUT2D eigenvalue weighted by Crippen LogP contribution is -2.45. The Morgan fingerprint density at radius 1 is 0.968 bits per heavy atom. The van der Waals surface area contributed by atoms with Crippen molar-refractivity contribution in [1.82, 2.24) is 10.6 Å². The van der Waals surface area contributed by atoms with Gasteiger partial charge < -0.3 is 20.3 Å². The summed E-state index contributed by atoms with van der Waals surface area (Å²) in [5, 5.41) is 6.24. The molecule has 2 aromatic rings. The second kappa shape index (κ2) is 10.3. The van der Waals surface area contributed by atoms with E-state index in [9.17, 15) is 9.59 Å². The van der Waals surface area contributed by atoms with Crippen LogP contribution in [-0.4, -0.2) is 44.1 Å². The number of nitrogens with zero attached hydrogens (tertiary/aromatic N) is 1. The Morgan fingerprint density at radius 3 is 2.23 bits per heavy atom. The average molecular weight is 424 g/mol. The van der Waals surface area contributed by atoms with Crippen molar-refractivity contribution in [1.29, 1.82) is 0 Å². The van der Waals surface area contributed by atoms with E-state index in [1.165, 1.54) is 0 Å². The molecule has 31 heavy (non-hydrogen) atoms. The predicted molar refractivity (Wildman–Crippen MR) is 124 cm³/mol. The maximum atomic E-state index is 12.8. The summed E-state index contributed by atoms with van der Waals surface area (Å²) in [5.74, 6) is 1.01. The van der Waals surface area contributed by atoms with Crippen molar-refractivity contribution < 1.29 is 14.3 Å². The van der Waals surface area contributed by atoms with Crippen LogP contribution in [0, 0.1) is 5.92 Å². The summed E-state index contributed by atoms with van der Waals surface area (Å²) in [7, 11) is 1.61. The summed E-state index contributed by atoms with van der Waals surface area (Å²) < 4.78 is 5.15. The molecule has 1 heterocycles. The number of amides is 2. The number of hydrogen-bond donors (Lipinski definition) is 2. The Balaban J connectivity index is 1.59. The smallest absolute Gasteiger partial charge is 0.253 e. The maximum Gasteiger partial charge on any atom is 0.253 e. The molecule has 1 saturated heterocycles. The van der Waals surface area contributed by atoms with E-state index in [0.717, 1.165) is 37.4 Å². The van der Waals surface area contributed by atoms with Gasteiger partial charge in [0, 0.05) is 36.4 Å². The number of carbonyl (C=O) groups excluding carboxylic acids is 2. The van der Waals surface area contributed by atoms with Crippen molar-refractivity contribution in [3.8, 4) is 5.75 Å². The van der Waals surface area contributed by atoms with Crippen molar-refractivity contribution in [2.45, 2.75) is 45.7 Å². The zero-order chi connectivity index (χ0) is 22.4. The van der Waals surface area contributed by atoms with Gasteiger partial charge in [-0.15, -0.1) is 0 Å². The van der Waals surface area contributed by atoms with Gasteiger partial charge in [0.05, 0.1) is 12.7 Å². The molecule has 0 saturated carbocycles. The molecule has 0 spiro atoms. The van der Waals surface area contributed by atoms with E-state index in [1.807, 2.05) is 31.2 Å². The monoisotopic (exact) mass is 423 g/mol. The third-order valence-electron chi connectivity index (χ3n) is 6.03. The number of piperidine rings is 1. The van der Waals surface area contributed by atoms with Crippen LogP contribution in [-0.2, 0) is 0 Å². The normalized spacial score (nSPS) is 15.5. The van der Waals surface area contributed by atoms with Crippen molar-refractivity contribution in [3.63, 3.8) is 0 Å². The van der Waals surface area contributed by atoms with E-state index in [1.54, 1.807) is 31.4 Å². The minimum absolute atomic E-state index is 0.0354. The summed E-state index contributed by atoms with van der Waals surface area (Å²) in [4.78, 5) is 27.6. The quantitative estimate of drug-likeness (QED) is 0.709. The summed E-state index contributed by atoms with van der Waals surface area (Å²) in [6.07, 6.45) is 1.67. The predicted octanol–water partition coefficient (Wildman–Crippen LogP) is 3.87. The van der Waals surface area contributed by atoms with Crippen molar-refractivity contribution >= 4 is 17.5 Å². The first-order valence-corrected chi connectivity index (χ1v) is 11.0. The maximum absolute atomic E-state index is 12.8. The third-order valence-corrected chi connectivity index (χ3v) is 6.03. The van der Waals surface area contributed by atoms with E-state index in [4.69, 9.17) is 4.74 Å². The van der Waals surface area contributed by atoms with Crippen LogP contribution in [0.15, 0.2) is 48.5 Å². The Hall–Kier alpha value is -3.02. The lowest BCUT2D eigenvalue weighted by molar-refractivity contribution is 0.0925. The fourth-order valence-electron chi connectivity index (χ4n) is 3.67. The largest absolute Gasteiger partial charge is 0.497 e. The number of benzene rings is 2. The van der Waals surface area contributed by atoms with Crippen LogP contribution in [0.5, 0.6) is 5.75 Å². The first kappa shape index (κ1) is 22.7. The van der Waals surface area contributed by atoms with Gasteiger partial charge in [-0.05, 0) is 62.1 Å². The van der Waals surface area contributed by atoms with Crippen LogP contribution in [0.2, 0.25) is 0 Å². The number of anilines is 1. The number of hydrogen-bond acceptors (Lipinski definition) is 4. The highest BCUT2D eigenvalue weighted by molar-refractivity contribution is 6.00. The third kappa shape index (κ3) is 5.78. The zero-order valence-corrected chi connectivity index (χ0v) is 18.9. The van der Waals surface area contributed by atoms with Crippen molar-refractivity contribution in [2.24, 2.45) is 5.92 Å². The fourth-order valence-corrected chi connectivity index (χ4v) is 3.67. The van der Waals surface area contributed by atoms with Crippen LogP contribution in [0.3, 0.4) is 0 Å². The topological polar surface area (TPSA) is 70.7 Å². The molecule has 1 unspecified atom stereocenters. The molecule has 1 aliphatic heterocycles. The van der Waals surface area contributed by atoms with Gasteiger partial charge >= 0.3 is 0 Å². The molecular formula is C25H33N3O3. The molecule has 0 aliphatic carbocycles. The first-order valence-electron chi connectivity index (χ1n) is 11.0. The Morgan fingerprint density at radius 2 is 1.61 bits per heavy atom. The van der Waals surface area contributed by atoms with Crippen LogP contribution in [0.4, 0.5) is 5.69 Å². The molecule has 6 nitrogen and oxygen atoms in total. The second-order valence-corrected chi connectivity index (χ2v) is 8.49. The van der Waals surface area contributed by atoms with Crippen molar-refractivity contribution in [2.75, 3.05) is 25.1 Å². The molecule has 2 aromatic carbocycles. The Kier molecular flexibility index (Phi) is 7.55. The minimum Gasteiger partial charge on any atom is -0.497 e. The summed E-state index contributed by atoms with van der Waals surface area (Å²) >= 11 is 0. The molecule has 6 heteroatoms. The van der Waals surface area contributed by atoms with Crippen LogP contribution in [0.25, 0.3) is 0 Å². The molecule has 166 valence electrons. The molecule has 0 aromatic heterocycles. The number of methoxy groups -OCH3 is 1. The van der Waals surface area contributed by atoms with Crippen LogP contribution < -0.4 is 20.3 Å². The van der Waals surface area contributed by atoms with Crippen molar-refractivity contribution in [3.05, 3.63) is 59.7 Å². The van der Waals surface area contributed by atoms with E-state index < -0.39 is 0 Å². The molecule has 3 rings (SSSR count). The van der Waals surface area contributed by atoms with E-state index in [0.29, 0.717) is 17.0 Å². The molecule has 0 bridgehead atoms. The SMILES string of the molecule is COc1ccc(C(=O)NC2CCN(c3ccccc3C(=O)NC(C)C(C)C)CC2)cc1. The highest BCUT2D eigenvalue weighted by atomic mass is 16.5. The Labute approximate surface area is 185 Å². The van der Waals surface area contributed by atoms with Crippen LogP contribution >= 0.6 is 0 Å². The van der Waals surface area contributed by atoms with Gasteiger partial charge in [0.25, 0.3) is 11.8 Å². The minimum atomic E-state index is -0.0662. The standard InChI is InChI=1S/C25H33N3O3/c1-17(2)18(3)26-25(30)22-7-5-6-8-23(22)28-15-13-20(14-16-28)27-24(29)19-9-11-21(31-4)12-10-19/h5-12,17-18,20H,13-16H2,1-4H3,(H,26,30)(H,27,29). The summed E-state index contributed by atoms with van der Waals surface area (Å²) in [6, 6.07) is 15.1. The first-order chi connectivity index (χ1) is 14.9. The second-order valence-electron chi connectivity index (χ2n) is 8.49. The zero-order valence-electron chi connectivity index (χ0n) is 18.9.